The van der Waals surface area contributed by atoms with Crippen LogP contribution in [-0.4, -0.2) is 23.1 Å². The summed E-state index contributed by atoms with van der Waals surface area (Å²) in [5.74, 6) is 1.85. The number of hydrogen-bond acceptors (Lipinski definition) is 2. The molecule has 0 unspecified atom stereocenters. The molecule has 1 aromatic carbocycles. The number of aryl methyl sites for hydroxylation is 1. The summed E-state index contributed by atoms with van der Waals surface area (Å²) in [4.78, 5) is 8.22. The lowest BCUT2D eigenvalue weighted by molar-refractivity contribution is 0.368. The number of nitrogens with zero attached hydrogens (tertiary/aromatic N) is 1. The van der Waals surface area contributed by atoms with E-state index in [9.17, 15) is 0 Å². The lowest BCUT2D eigenvalue weighted by Gasteiger charge is -2.21. The summed E-state index contributed by atoms with van der Waals surface area (Å²) >= 11 is 6.06. The number of rotatable bonds is 3. The van der Waals surface area contributed by atoms with Gasteiger partial charge in [0.15, 0.2) is 0 Å². The molecule has 2 heterocycles. The Hall–Kier alpha value is -1.32. The normalized spacial score (nSPS) is 16.5. The highest BCUT2D eigenvalue weighted by atomic mass is 35.5. The zero-order valence-corrected chi connectivity index (χ0v) is 12.5. The number of halogens is 1. The molecular formula is C16H20ClN3. The van der Waals surface area contributed by atoms with Crippen LogP contribution in [0.3, 0.4) is 0 Å². The minimum atomic E-state index is 0.744. The van der Waals surface area contributed by atoms with Gasteiger partial charge in [-0.15, -0.1) is 0 Å². The molecule has 3 rings (SSSR count). The number of nitrogens with one attached hydrogen (secondary N) is 2. The maximum absolute atomic E-state index is 6.06. The van der Waals surface area contributed by atoms with E-state index in [1.54, 1.807) is 0 Å². The third-order valence-electron chi connectivity index (χ3n) is 3.97. The first kappa shape index (κ1) is 13.7. The van der Waals surface area contributed by atoms with Crippen molar-refractivity contribution in [2.75, 3.05) is 13.1 Å². The zero-order chi connectivity index (χ0) is 13.9. The number of aromatic amines is 1. The Balaban J connectivity index is 1.80. The van der Waals surface area contributed by atoms with Crippen LogP contribution >= 0.6 is 11.6 Å². The molecule has 0 amide bonds. The molecule has 0 atom stereocenters. The maximum Gasteiger partial charge on any atom is 0.107 e. The summed E-state index contributed by atoms with van der Waals surface area (Å²) < 4.78 is 0. The van der Waals surface area contributed by atoms with Crippen LogP contribution in [0.25, 0.3) is 11.3 Å². The maximum atomic E-state index is 6.06. The van der Waals surface area contributed by atoms with Gasteiger partial charge in [0.1, 0.15) is 5.82 Å². The second-order valence-electron chi connectivity index (χ2n) is 5.56. The van der Waals surface area contributed by atoms with Crippen molar-refractivity contribution in [2.24, 2.45) is 5.92 Å². The topological polar surface area (TPSA) is 40.7 Å². The number of benzene rings is 1. The van der Waals surface area contributed by atoms with E-state index in [2.05, 4.69) is 23.3 Å². The van der Waals surface area contributed by atoms with Crippen LogP contribution in [0, 0.1) is 12.8 Å². The van der Waals surface area contributed by atoms with Gasteiger partial charge >= 0.3 is 0 Å². The summed E-state index contributed by atoms with van der Waals surface area (Å²) in [5.41, 5.74) is 3.23. The Kier molecular flexibility index (Phi) is 4.08. The second kappa shape index (κ2) is 5.98. The number of piperidine rings is 1. The van der Waals surface area contributed by atoms with Crippen molar-refractivity contribution < 1.29 is 0 Å². The Labute approximate surface area is 124 Å². The minimum absolute atomic E-state index is 0.744. The van der Waals surface area contributed by atoms with Crippen molar-refractivity contribution in [3.05, 3.63) is 40.8 Å². The molecule has 0 radical (unpaired) electrons. The summed E-state index contributed by atoms with van der Waals surface area (Å²) in [6.07, 6.45) is 3.53. The highest BCUT2D eigenvalue weighted by Gasteiger charge is 2.16. The molecule has 2 aromatic rings. The average Bonchev–Trinajstić information content (AvgIpc) is 2.81. The molecule has 1 fully saturated rings. The molecule has 0 spiro atoms. The van der Waals surface area contributed by atoms with Crippen molar-refractivity contribution >= 4 is 11.6 Å². The predicted octanol–water partition coefficient (Wildman–Crippen LogP) is 3.58. The van der Waals surface area contributed by atoms with Crippen LogP contribution in [0.2, 0.25) is 5.02 Å². The molecule has 106 valence electrons. The van der Waals surface area contributed by atoms with Gasteiger partial charge in [-0.2, -0.15) is 0 Å². The molecule has 0 aliphatic carbocycles. The Morgan fingerprint density at radius 3 is 2.85 bits per heavy atom. The third-order valence-corrected chi connectivity index (χ3v) is 4.21. The van der Waals surface area contributed by atoms with Gasteiger partial charge in [0, 0.05) is 22.7 Å². The van der Waals surface area contributed by atoms with E-state index in [4.69, 9.17) is 16.6 Å². The van der Waals surface area contributed by atoms with Crippen LogP contribution in [0.4, 0.5) is 0 Å². The molecule has 0 saturated carbocycles. The van der Waals surface area contributed by atoms with E-state index in [-0.39, 0.29) is 0 Å². The highest BCUT2D eigenvalue weighted by molar-refractivity contribution is 6.30. The first-order valence-electron chi connectivity index (χ1n) is 7.24. The Morgan fingerprint density at radius 1 is 1.30 bits per heavy atom. The van der Waals surface area contributed by atoms with Gasteiger partial charge in [0.2, 0.25) is 0 Å². The lowest BCUT2D eigenvalue weighted by atomic mass is 9.94. The fourth-order valence-corrected chi connectivity index (χ4v) is 3.09. The monoisotopic (exact) mass is 289 g/mol. The van der Waals surface area contributed by atoms with Crippen molar-refractivity contribution in [3.63, 3.8) is 0 Å². The van der Waals surface area contributed by atoms with Crippen LogP contribution in [0.1, 0.15) is 24.4 Å². The lowest BCUT2D eigenvalue weighted by Crippen LogP contribution is -2.28. The fourth-order valence-electron chi connectivity index (χ4n) is 2.90. The summed E-state index contributed by atoms with van der Waals surface area (Å²) in [6.45, 7) is 4.34. The van der Waals surface area contributed by atoms with Gasteiger partial charge in [0.05, 0.1) is 5.69 Å². The molecule has 20 heavy (non-hydrogen) atoms. The Bertz CT molecular complexity index is 585. The first-order chi connectivity index (χ1) is 9.72. The highest BCUT2D eigenvalue weighted by Crippen LogP contribution is 2.25. The summed E-state index contributed by atoms with van der Waals surface area (Å²) in [7, 11) is 0. The van der Waals surface area contributed by atoms with Gasteiger partial charge in [-0.1, -0.05) is 23.7 Å². The molecule has 0 bridgehead atoms. The zero-order valence-electron chi connectivity index (χ0n) is 11.7. The number of H-pyrrole nitrogens is 1. The molecule has 1 saturated heterocycles. The summed E-state index contributed by atoms with van der Waals surface area (Å²) in [6, 6.07) is 7.89. The number of aromatic nitrogens is 2. The van der Waals surface area contributed by atoms with Gasteiger partial charge in [-0.05, 0) is 50.9 Å². The molecule has 1 aliphatic heterocycles. The van der Waals surface area contributed by atoms with Crippen LogP contribution < -0.4 is 5.32 Å². The molecular weight excluding hydrogens is 270 g/mol. The van der Waals surface area contributed by atoms with E-state index in [1.165, 1.54) is 12.8 Å². The molecule has 2 N–H and O–H groups in total. The van der Waals surface area contributed by atoms with Gasteiger partial charge in [0.25, 0.3) is 0 Å². The van der Waals surface area contributed by atoms with Crippen LogP contribution in [0.15, 0.2) is 24.3 Å². The van der Waals surface area contributed by atoms with E-state index < -0.39 is 0 Å². The predicted molar refractivity (Wildman–Crippen MR) is 83.1 cm³/mol. The molecule has 1 aromatic heterocycles. The number of hydrogen-bond donors (Lipinski definition) is 2. The van der Waals surface area contributed by atoms with Gasteiger partial charge in [-0.3, -0.25) is 0 Å². The van der Waals surface area contributed by atoms with E-state index in [0.717, 1.165) is 53.2 Å². The first-order valence-corrected chi connectivity index (χ1v) is 7.62. The van der Waals surface area contributed by atoms with Gasteiger partial charge in [-0.25, -0.2) is 4.98 Å². The second-order valence-corrected chi connectivity index (χ2v) is 6.00. The van der Waals surface area contributed by atoms with Crippen molar-refractivity contribution in [3.8, 4) is 11.3 Å². The largest absolute Gasteiger partial charge is 0.346 e. The third kappa shape index (κ3) is 3.05. The van der Waals surface area contributed by atoms with E-state index >= 15 is 0 Å². The van der Waals surface area contributed by atoms with Crippen LogP contribution in [-0.2, 0) is 6.42 Å². The SMILES string of the molecule is Cc1[nH]c(CC2CCNCC2)nc1-c1cccc(Cl)c1. The molecule has 3 nitrogen and oxygen atoms in total. The van der Waals surface area contributed by atoms with Crippen molar-refractivity contribution in [2.45, 2.75) is 26.2 Å². The van der Waals surface area contributed by atoms with Gasteiger partial charge < -0.3 is 10.3 Å². The van der Waals surface area contributed by atoms with Crippen molar-refractivity contribution in [1.29, 1.82) is 0 Å². The average molecular weight is 290 g/mol. The fraction of sp³-hybridized carbons (Fsp3) is 0.438. The van der Waals surface area contributed by atoms with Crippen LogP contribution in [0.5, 0.6) is 0 Å². The van der Waals surface area contributed by atoms with E-state index in [1.807, 2.05) is 18.2 Å². The Morgan fingerprint density at radius 2 is 2.10 bits per heavy atom. The number of imidazole rings is 1. The minimum Gasteiger partial charge on any atom is -0.346 e. The standard InChI is InChI=1S/C16H20ClN3/c1-11-16(13-3-2-4-14(17)10-13)20-15(19-11)9-12-5-7-18-8-6-12/h2-4,10,12,18H,5-9H2,1H3,(H,19,20). The summed E-state index contributed by atoms with van der Waals surface area (Å²) in [5, 5.41) is 4.16. The smallest absolute Gasteiger partial charge is 0.107 e. The quantitative estimate of drug-likeness (QED) is 0.907. The van der Waals surface area contributed by atoms with Crippen molar-refractivity contribution in [1.82, 2.24) is 15.3 Å². The molecule has 4 heteroatoms. The van der Waals surface area contributed by atoms with E-state index in [0.29, 0.717) is 0 Å². The molecule has 1 aliphatic rings.